The highest BCUT2D eigenvalue weighted by molar-refractivity contribution is 7.09. The van der Waals surface area contributed by atoms with Crippen LogP contribution in [0.5, 0.6) is 5.75 Å². The molecule has 2 rings (SSSR count). The molecule has 0 aliphatic heterocycles. The molecule has 1 unspecified atom stereocenters. The number of nitrogens with one attached hydrogen (secondary N) is 1. The third-order valence-corrected chi connectivity index (χ3v) is 3.45. The fourth-order valence-corrected chi connectivity index (χ4v) is 2.57. The van der Waals surface area contributed by atoms with E-state index in [1.54, 1.807) is 17.5 Å². The molecule has 1 N–H and O–H groups in total. The van der Waals surface area contributed by atoms with Crippen molar-refractivity contribution in [1.29, 1.82) is 0 Å². The maximum absolute atomic E-state index is 5.68. The highest BCUT2D eigenvalue weighted by Crippen LogP contribution is 2.25. The van der Waals surface area contributed by atoms with Gasteiger partial charge in [-0.3, -0.25) is 4.98 Å². The lowest BCUT2D eigenvalue weighted by Crippen LogP contribution is -2.18. The zero-order chi connectivity index (χ0) is 13.8. The van der Waals surface area contributed by atoms with Gasteiger partial charge in [0.1, 0.15) is 5.75 Å². The Bertz CT molecular complexity index is 539. The Labute approximate surface area is 117 Å². The Morgan fingerprint density at radius 1 is 1.32 bits per heavy atom. The molecule has 0 radical (unpaired) electrons. The van der Waals surface area contributed by atoms with Gasteiger partial charge >= 0.3 is 0 Å². The Kier molecular flexibility index (Phi) is 4.50. The highest BCUT2D eigenvalue weighted by atomic mass is 32.1. The second-order valence-corrected chi connectivity index (χ2v) is 5.70. The second-order valence-electron chi connectivity index (χ2n) is 4.63. The summed E-state index contributed by atoms with van der Waals surface area (Å²) >= 11 is 1.65. The molecule has 2 heterocycles. The van der Waals surface area contributed by atoms with Gasteiger partial charge in [0.25, 0.3) is 0 Å². The fraction of sp³-hybridized carbons (Fsp3) is 0.429. The minimum Gasteiger partial charge on any atom is -0.489 e. The maximum Gasteiger partial charge on any atom is 0.138 e. The lowest BCUT2D eigenvalue weighted by molar-refractivity contribution is 0.241. The molecule has 0 saturated carbocycles. The topological polar surface area (TPSA) is 47.0 Å². The number of hydrogen-bond acceptors (Lipinski definition) is 5. The molecule has 0 bridgehead atoms. The van der Waals surface area contributed by atoms with Crippen LogP contribution >= 0.6 is 11.3 Å². The summed E-state index contributed by atoms with van der Waals surface area (Å²) in [6.45, 7) is 6.02. The average Bonchev–Trinajstić information content (AvgIpc) is 2.76. The number of aromatic nitrogens is 2. The van der Waals surface area contributed by atoms with E-state index in [-0.39, 0.29) is 12.1 Å². The lowest BCUT2D eigenvalue weighted by Gasteiger charge is -2.16. The van der Waals surface area contributed by atoms with Crippen LogP contribution < -0.4 is 10.1 Å². The van der Waals surface area contributed by atoms with Crippen molar-refractivity contribution in [1.82, 2.24) is 15.3 Å². The number of hydrogen-bond donors (Lipinski definition) is 1. The Balaban J connectivity index is 2.28. The number of pyridine rings is 1. The molecule has 0 fully saturated rings. The predicted octanol–water partition coefficient (Wildman–Crippen LogP) is 2.94. The second kappa shape index (κ2) is 6.12. The molecule has 2 aromatic heterocycles. The Morgan fingerprint density at radius 2 is 2.11 bits per heavy atom. The van der Waals surface area contributed by atoms with Gasteiger partial charge in [-0.25, -0.2) is 4.98 Å². The van der Waals surface area contributed by atoms with Crippen molar-refractivity contribution in [2.75, 3.05) is 7.05 Å². The Morgan fingerprint density at radius 3 is 2.68 bits per heavy atom. The van der Waals surface area contributed by atoms with Crippen LogP contribution in [0.15, 0.2) is 23.8 Å². The van der Waals surface area contributed by atoms with Crippen LogP contribution in [0.1, 0.15) is 36.2 Å². The molecule has 5 heteroatoms. The molecule has 0 saturated heterocycles. The molecule has 0 spiro atoms. The predicted molar refractivity (Wildman–Crippen MR) is 77.8 cm³/mol. The largest absolute Gasteiger partial charge is 0.489 e. The van der Waals surface area contributed by atoms with Gasteiger partial charge in [-0.05, 0) is 39.4 Å². The van der Waals surface area contributed by atoms with Crippen LogP contribution in [-0.2, 0) is 0 Å². The molecule has 19 heavy (non-hydrogen) atoms. The van der Waals surface area contributed by atoms with Crippen LogP contribution in [0.2, 0.25) is 0 Å². The molecular weight excluding hydrogens is 258 g/mol. The van der Waals surface area contributed by atoms with Gasteiger partial charge < -0.3 is 10.1 Å². The molecule has 1 atom stereocenters. The van der Waals surface area contributed by atoms with Gasteiger partial charge in [0.05, 0.1) is 29.0 Å². The normalized spacial score (nSPS) is 12.7. The van der Waals surface area contributed by atoms with Gasteiger partial charge in [0, 0.05) is 11.6 Å². The van der Waals surface area contributed by atoms with Gasteiger partial charge in [-0.1, -0.05) is 0 Å². The van der Waals surface area contributed by atoms with Crippen molar-refractivity contribution in [3.8, 4) is 5.75 Å². The highest BCUT2D eigenvalue weighted by Gasteiger charge is 2.16. The van der Waals surface area contributed by atoms with E-state index in [1.165, 1.54) is 0 Å². The third kappa shape index (κ3) is 3.52. The first-order valence-corrected chi connectivity index (χ1v) is 7.19. The zero-order valence-corrected chi connectivity index (χ0v) is 12.5. The summed E-state index contributed by atoms with van der Waals surface area (Å²) < 4.78 is 5.68. The van der Waals surface area contributed by atoms with E-state index >= 15 is 0 Å². The molecule has 102 valence electrons. The fourth-order valence-electron chi connectivity index (χ4n) is 1.93. The molecule has 2 aromatic rings. The molecule has 0 aliphatic rings. The summed E-state index contributed by atoms with van der Waals surface area (Å²) in [7, 11) is 1.93. The number of thiazole rings is 1. The molecule has 4 nitrogen and oxygen atoms in total. The molecule has 0 amide bonds. The SMILES string of the molecule is CNC(c1cncc(OC(C)C)c1)c1csc(C)n1. The summed E-state index contributed by atoms with van der Waals surface area (Å²) in [5, 5.41) is 6.42. The number of aryl methyl sites for hydroxylation is 1. The zero-order valence-electron chi connectivity index (χ0n) is 11.7. The van der Waals surface area contributed by atoms with Crippen molar-refractivity contribution >= 4 is 11.3 Å². The summed E-state index contributed by atoms with van der Waals surface area (Å²) in [6.07, 6.45) is 3.73. The van der Waals surface area contributed by atoms with Gasteiger partial charge in [-0.2, -0.15) is 0 Å². The van der Waals surface area contributed by atoms with Crippen molar-refractivity contribution < 1.29 is 4.74 Å². The molecule has 0 aliphatic carbocycles. The third-order valence-electron chi connectivity index (χ3n) is 2.66. The summed E-state index contributed by atoms with van der Waals surface area (Å²) in [4.78, 5) is 8.79. The summed E-state index contributed by atoms with van der Waals surface area (Å²) in [5.74, 6) is 0.791. The van der Waals surface area contributed by atoms with Crippen molar-refractivity contribution in [2.24, 2.45) is 0 Å². The van der Waals surface area contributed by atoms with E-state index < -0.39 is 0 Å². The first-order chi connectivity index (χ1) is 9.10. The van der Waals surface area contributed by atoms with E-state index in [0.717, 1.165) is 22.0 Å². The summed E-state index contributed by atoms with van der Waals surface area (Å²) in [5.41, 5.74) is 2.08. The lowest BCUT2D eigenvalue weighted by atomic mass is 10.1. The monoisotopic (exact) mass is 277 g/mol. The Hall–Kier alpha value is -1.46. The summed E-state index contributed by atoms with van der Waals surface area (Å²) in [6, 6.07) is 2.07. The number of ether oxygens (including phenoxy) is 1. The van der Waals surface area contributed by atoms with E-state index in [0.29, 0.717) is 0 Å². The smallest absolute Gasteiger partial charge is 0.138 e. The van der Waals surface area contributed by atoms with E-state index in [9.17, 15) is 0 Å². The standard InChI is InChI=1S/C14H19N3OS/c1-9(2)18-12-5-11(6-16-7-12)14(15-4)13-8-19-10(3)17-13/h5-9,14-15H,1-4H3. The number of rotatable bonds is 5. The van der Waals surface area contributed by atoms with Gasteiger partial charge in [-0.15, -0.1) is 11.3 Å². The quantitative estimate of drug-likeness (QED) is 0.913. The van der Waals surface area contributed by atoms with Crippen molar-refractivity contribution in [3.63, 3.8) is 0 Å². The minimum atomic E-state index is 0.0492. The maximum atomic E-state index is 5.68. The van der Waals surface area contributed by atoms with E-state index in [4.69, 9.17) is 4.74 Å². The van der Waals surface area contributed by atoms with Crippen LogP contribution in [0.4, 0.5) is 0 Å². The van der Waals surface area contributed by atoms with Crippen LogP contribution in [0, 0.1) is 6.92 Å². The van der Waals surface area contributed by atoms with Crippen LogP contribution in [-0.4, -0.2) is 23.1 Å². The van der Waals surface area contributed by atoms with Crippen LogP contribution in [0.25, 0.3) is 0 Å². The van der Waals surface area contributed by atoms with Crippen molar-refractivity contribution in [3.05, 3.63) is 40.1 Å². The van der Waals surface area contributed by atoms with E-state index in [2.05, 4.69) is 20.7 Å². The van der Waals surface area contributed by atoms with Gasteiger partial charge in [0.2, 0.25) is 0 Å². The first-order valence-electron chi connectivity index (χ1n) is 6.31. The van der Waals surface area contributed by atoms with Crippen LogP contribution in [0.3, 0.4) is 0 Å². The number of nitrogens with zero attached hydrogens (tertiary/aromatic N) is 2. The van der Waals surface area contributed by atoms with Gasteiger partial charge in [0.15, 0.2) is 0 Å². The van der Waals surface area contributed by atoms with E-state index in [1.807, 2.05) is 40.1 Å². The molecule has 0 aromatic carbocycles. The van der Waals surface area contributed by atoms with Crippen molar-refractivity contribution in [2.45, 2.75) is 32.9 Å². The minimum absolute atomic E-state index is 0.0492. The average molecular weight is 277 g/mol. The first kappa shape index (κ1) is 14.0. The molecular formula is C14H19N3OS.